The zero-order valence-corrected chi connectivity index (χ0v) is 13.6. The first-order valence-electron chi connectivity index (χ1n) is 6.87. The maximum atomic E-state index is 12.1. The fourth-order valence-corrected chi connectivity index (χ4v) is 1.43. The maximum absolute atomic E-state index is 12.1. The topological polar surface area (TPSA) is 118 Å². The van der Waals surface area contributed by atoms with Gasteiger partial charge in [-0.3, -0.25) is 9.59 Å². The monoisotopic (exact) mass is 313 g/mol. The molecule has 0 heterocycles. The summed E-state index contributed by atoms with van der Waals surface area (Å²) in [6.07, 6.45) is -0.0387. The van der Waals surface area contributed by atoms with E-state index < -0.39 is 35.4 Å². The number of hydrogen-bond acceptors (Lipinski definition) is 5. The van der Waals surface area contributed by atoms with Crippen LogP contribution in [-0.4, -0.2) is 53.5 Å². The minimum atomic E-state index is -0.986. The fourth-order valence-electron chi connectivity index (χ4n) is 1.43. The number of carbonyl (C=O) groups is 3. The SMILES string of the molecule is CO[C@H](C)C(=O)N[C@@H](CCC(=O)C=[N+]=[N-])C(=O)OC(C)(C)C. The molecule has 1 amide bonds. The molecule has 0 aromatic heterocycles. The highest BCUT2D eigenvalue weighted by Gasteiger charge is 2.28. The van der Waals surface area contributed by atoms with E-state index in [1.54, 1.807) is 20.8 Å². The molecule has 0 aliphatic heterocycles. The van der Waals surface area contributed by atoms with Gasteiger partial charge in [0.2, 0.25) is 11.7 Å². The first kappa shape index (κ1) is 19.9. The Balaban J connectivity index is 4.89. The van der Waals surface area contributed by atoms with Gasteiger partial charge in [0.25, 0.3) is 0 Å². The van der Waals surface area contributed by atoms with Gasteiger partial charge in [0.1, 0.15) is 17.7 Å². The Morgan fingerprint density at radius 3 is 2.36 bits per heavy atom. The van der Waals surface area contributed by atoms with E-state index >= 15 is 0 Å². The van der Waals surface area contributed by atoms with Crippen LogP contribution < -0.4 is 5.32 Å². The van der Waals surface area contributed by atoms with Crippen LogP contribution in [0.1, 0.15) is 40.5 Å². The average molecular weight is 313 g/mol. The molecule has 0 bridgehead atoms. The largest absolute Gasteiger partial charge is 0.458 e. The van der Waals surface area contributed by atoms with Gasteiger partial charge >= 0.3 is 12.2 Å². The molecule has 0 fully saturated rings. The normalized spacial score (nSPS) is 13.5. The predicted octanol–water partition coefficient (Wildman–Crippen LogP) is 0.498. The Hall–Kier alpha value is -2.05. The number of ether oxygens (including phenoxy) is 2. The van der Waals surface area contributed by atoms with Crippen LogP contribution in [-0.2, 0) is 23.9 Å². The molecule has 0 aromatic carbocycles. The maximum Gasteiger partial charge on any atom is 0.329 e. The summed E-state index contributed by atoms with van der Waals surface area (Å²) < 4.78 is 10.1. The second kappa shape index (κ2) is 9.07. The first-order chi connectivity index (χ1) is 10.1. The molecule has 1 N–H and O–H groups in total. The van der Waals surface area contributed by atoms with Crippen LogP contribution in [0, 0.1) is 0 Å². The molecule has 0 aliphatic rings. The Kier molecular flexibility index (Phi) is 8.22. The molecule has 0 aromatic rings. The number of methoxy groups -OCH3 is 1. The van der Waals surface area contributed by atoms with E-state index in [9.17, 15) is 14.4 Å². The van der Waals surface area contributed by atoms with E-state index in [-0.39, 0.29) is 12.8 Å². The fraction of sp³-hybridized carbons (Fsp3) is 0.714. The van der Waals surface area contributed by atoms with Crippen LogP contribution in [0.2, 0.25) is 0 Å². The number of carbonyl (C=O) groups excluding carboxylic acids is 3. The number of ketones is 1. The highest BCUT2D eigenvalue weighted by molar-refractivity contribution is 6.25. The lowest BCUT2D eigenvalue weighted by atomic mass is 10.1. The average Bonchev–Trinajstić information content (AvgIpc) is 2.40. The van der Waals surface area contributed by atoms with Gasteiger partial charge in [-0.2, -0.15) is 4.79 Å². The Morgan fingerprint density at radius 1 is 1.32 bits per heavy atom. The summed E-state index contributed by atoms with van der Waals surface area (Å²) in [7, 11) is 1.37. The van der Waals surface area contributed by atoms with Crippen LogP contribution in [0.5, 0.6) is 0 Å². The Labute approximate surface area is 129 Å². The summed E-state index contributed by atoms with van der Waals surface area (Å²) in [4.78, 5) is 37.9. The molecule has 0 saturated carbocycles. The minimum absolute atomic E-state index is 0.0297. The van der Waals surface area contributed by atoms with Crippen LogP contribution in [0.15, 0.2) is 0 Å². The molecule has 8 nitrogen and oxygen atoms in total. The lowest BCUT2D eigenvalue weighted by Gasteiger charge is -2.25. The number of rotatable bonds is 8. The highest BCUT2D eigenvalue weighted by atomic mass is 16.6. The number of Topliss-reactive ketones (excluding diaryl/α,β-unsaturated/α-hetero) is 1. The number of hydrogen-bond donors (Lipinski definition) is 1. The van der Waals surface area contributed by atoms with Crippen molar-refractivity contribution in [3.63, 3.8) is 0 Å². The Bertz CT molecular complexity index is 464. The van der Waals surface area contributed by atoms with E-state index in [1.165, 1.54) is 14.0 Å². The van der Waals surface area contributed by atoms with E-state index in [1.807, 2.05) is 0 Å². The third-order valence-electron chi connectivity index (χ3n) is 2.61. The van der Waals surface area contributed by atoms with E-state index in [0.717, 1.165) is 6.21 Å². The third-order valence-corrected chi connectivity index (χ3v) is 2.61. The van der Waals surface area contributed by atoms with Gasteiger partial charge in [-0.05, 0) is 34.1 Å². The lowest BCUT2D eigenvalue weighted by Crippen LogP contribution is -2.47. The molecule has 0 saturated heterocycles. The summed E-state index contributed by atoms with van der Waals surface area (Å²) in [5.74, 6) is -1.59. The van der Waals surface area contributed by atoms with Gasteiger partial charge in [0.15, 0.2) is 0 Å². The molecule has 0 aliphatic carbocycles. The third kappa shape index (κ3) is 8.28. The van der Waals surface area contributed by atoms with Crippen molar-refractivity contribution in [1.82, 2.24) is 5.32 Å². The van der Waals surface area contributed by atoms with Gasteiger partial charge in [-0.25, -0.2) is 4.79 Å². The molecule has 124 valence electrons. The van der Waals surface area contributed by atoms with E-state index in [0.29, 0.717) is 0 Å². The first-order valence-corrected chi connectivity index (χ1v) is 6.87. The molecular weight excluding hydrogens is 290 g/mol. The zero-order valence-electron chi connectivity index (χ0n) is 13.6. The van der Waals surface area contributed by atoms with Gasteiger partial charge in [-0.15, -0.1) is 0 Å². The molecule has 0 spiro atoms. The van der Waals surface area contributed by atoms with Crippen molar-refractivity contribution in [2.45, 2.75) is 58.3 Å². The second-order valence-electron chi connectivity index (χ2n) is 5.72. The smallest absolute Gasteiger partial charge is 0.329 e. The van der Waals surface area contributed by atoms with E-state index in [2.05, 4.69) is 10.1 Å². The highest BCUT2D eigenvalue weighted by Crippen LogP contribution is 2.11. The van der Waals surface area contributed by atoms with Crippen LogP contribution in [0.4, 0.5) is 0 Å². The molecule has 0 radical (unpaired) electrons. The van der Waals surface area contributed by atoms with Crippen molar-refractivity contribution in [2.24, 2.45) is 0 Å². The van der Waals surface area contributed by atoms with Crippen molar-refractivity contribution < 1.29 is 28.6 Å². The molecule has 8 heteroatoms. The summed E-state index contributed by atoms with van der Waals surface area (Å²) in [5, 5.41) is 2.49. The summed E-state index contributed by atoms with van der Waals surface area (Å²) in [5.41, 5.74) is 7.57. The molecular formula is C14H23N3O5. The zero-order chi connectivity index (χ0) is 17.3. The Morgan fingerprint density at radius 2 is 1.91 bits per heavy atom. The van der Waals surface area contributed by atoms with Crippen molar-refractivity contribution >= 4 is 23.9 Å². The van der Waals surface area contributed by atoms with Crippen LogP contribution in [0.25, 0.3) is 5.53 Å². The summed E-state index contributed by atoms with van der Waals surface area (Å²) in [6, 6.07) is -0.986. The number of amides is 1. The summed E-state index contributed by atoms with van der Waals surface area (Å²) in [6.45, 7) is 6.63. The predicted molar refractivity (Wildman–Crippen MR) is 78.2 cm³/mol. The van der Waals surface area contributed by atoms with Gasteiger partial charge in [0, 0.05) is 13.5 Å². The summed E-state index contributed by atoms with van der Waals surface area (Å²) >= 11 is 0. The van der Waals surface area contributed by atoms with Gasteiger partial charge in [0.05, 0.1) is 0 Å². The van der Waals surface area contributed by atoms with Gasteiger partial charge < -0.3 is 20.3 Å². The minimum Gasteiger partial charge on any atom is -0.458 e. The molecule has 0 unspecified atom stereocenters. The quantitative estimate of drug-likeness (QED) is 0.303. The standard InChI is InChI=1S/C14H23N3O5/c1-9(21-5)12(19)17-11(7-6-10(18)8-16-15)13(20)22-14(2,3)4/h8-9,11H,6-7H2,1-5H3,(H,17,19)/t9-,11+/m1/s1. The van der Waals surface area contributed by atoms with Crippen LogP contribution in [0.3, 0.4) is 0 Å². The van der Waals surface area contributed by atoms with Crippen molar-refractivity contribution in [2.75, 3.05) is 7.11 Å². The van der Waals surface area contributed by atoms with Crippen molar-refractivity contribution in [3.05, 3.63) is 5.53 Å². The van der Waals surface area contributed by atoms with Gasteiger partial charge in [-0.1, -0.05) is 0 Å². The lowest BCUT2D eigenvalue weighted by molar-refractivity contribution is -0.159. The van der Waals surface area contributed by atoms with E-state index in [4.69, 9.17) is 15.0 Å². The van der Waals surface area contributed by atoms with Crippen LogP contribution >= 0.6 is 0 Å². The molecule has 0 rings (SSSR count). The molecule has 2 atom stereocenters. The second-order valence-corrected chi connectivity index (χ2v) is 5.72. The number of nitrogens with zero attached hydrogens (tertiary/aromatic N) is 2. The van der Waals surface area contributed by atoms with Crippen molar-refractivity contribution in [1.29, 1.82) is 0 Å². The van der Waals surface area contributed by atoms with Crippen molar-refractivity contribution in [3.8, 4) is 0 Å². The number of esters is 1. The number of nitrogens with one attached hydrogen (secondary N) is 1. The molecule has 22 heavy (non-hydrogen) atoms.